The average molecular weight is 516 g/mol. The number of hydroxylamine groups is 2. The van der Waals surface area contributed by atoms with Crippen molar-refractivity contribution in [1.29, 1.82) is 0 Å². The summed E-state index contributed by atoms with van der Waals surface area (Å²) in [6.07, 6.45) is 5.46. The van der Waals surface area contributed by atoms with Crippen LogP contribution in [-0.4, -0.2) is 22.8 Å². The highest BCUT2D eigenvalue weighted by Crippen LogP contribution is 2.46. The highest BCUT2D eigenvalue weighted by atomic mass is 31.2. The number of nitrogens with zero attached hydrogens (tertiary/aromatic N) is 3. The Bertz CT molecular complexity index is 1400. The van der Waals surface area contributed by atoms with Crippen molar-refractivity contribution in [3.8, 4) is 12.1 Å². The van der Waals surface area contributed by atoms with Gasteiger partial charge in [-0.05, 0) is 54.1 Å². The summed E-state index contributed by atoms with van der Waals surface area (Å²) in [5.74, 6) is -2.02. The number of amides is 2. The number of benzene rings is 3. The van der Waals surface area contributed by atoms with Gasteiger partial charge in [0.05, 0.1) is 23.5 Å². The van der Waals surface area contributed by atoms with E-state index >= 15 is 0 Å². The van der Waals surface area contributed by atoms with Gasteiger partial charge in [0.1, 0.15) is 0 Å². The third-order valence-corrected chi connectivity index (χ3v) is 6.52. The van der Waals surface area contributed by atoms with Gasteiger partial charge in [-0.25, -0.2) is 4.79 Å². The summed E-state index contributed by atoms with van der Waals surface area (Å²) in [6, 6.07) is 22.0. The number of anilines is 1. The molecule has 0 aliphatic carbocycles. The van der Waals surface area contributed by atoms with Crippen LogP contribution in [0, 0.1) is 12.1 Å². The van der Waals surface area contributed by atoms with E-state index in [0.29, 0.717) is 16.4 Å². The first-order chi connectivity index (χ1) is 17.8. The van der Waals surface area contributed by atoms with Gasteiger partial charge >= 0.3 is 13.5 Å². The maximum absolute atomic E-state index is 13.0. The van der Waals surface area contributed by atoms with E-state index in [1.54, 1.807) is 24.3 Å². The van der Waals surface area contributed by atoms with Gasteiger partial charge in [0.15, 0.2) is 0 Å². The molecule has 0 radical (unpaired) electrons. The van der Waals surface area contributed by atoms with Crippen molar-refractivity contribution < 1.29 is 28.3 Å². The Balaban J connectivity index is 1.32. The Hall–Kier alpha value is -4.58. The quantitative estimate of drug-likeness (QED) is 0.166. The van der Waals surface area contributed by atoms with E-state index in [-0.39, 0.29) is 25.0 Å². The third-order valence-electron chi connectivity index (χ3n) is 5.13. The van der Waals surface area contributed by atoms with Crippen molar-refractivity contribution in [1.82, 2.24) is 5.06 Å². The van der Waals surface area contributed by atoms with Gasteiger partial charge < -0.3 is 9.92 Å². The number of terminal acetylenes is 1. The lowest BCUT2D eigenvalue weighted by Gasteiger charge is -2.16. The predicted molar refractivity (Wildman–Crippen MR) is 135 cm³/mol. The molecule has 1 atom stereocenters. The number of nitrogens with one attached hydrogen (secondary N) is 1. The summed E-state index contributed by atoms with van der Waals surface area (Å²) in [7, 11) is -3.71. The van der Waals surface area contributed by atoms with E-state index < -0.39 is 25.3 Å². The second-order valence-corrected chi connectivity index (χ2v) is 9.65. The van der Waals surface area contributed by atoms with E-state index in [1.165, 1.54) is 24.3 Å². The zero-order chi connectivity index (χ0) is 26.3. The largest absolute Gasteiger partial charge is 0.367 e. The van der Waals surface area contributed by atoms with Crippen molar-refractivity contribution in [3.63, 3.8) is 0 Å². The minimum absolute atomic E-state index is 0.000106. The maximum atomic E-state index is 13.0. The standard InChI is InChI=1S/C26H21N4O6P/c1-2-37(34,35-18-19-8-12-22(13-9-19)28-27-21-6-4-3-5-7-21)29-23-14-10-20(11-15-23)26(33)36-30-24(31)16-17-25(30)32/h1,3-15H,16-18H2,(H,29,34)/b28-27+. The summed E-state index contributed by atoms with van der Waals surface area (Å²) in [5.41, 5.74) is 4.67. The Labute approximate surface area is 212 Å². The first-order valence-electron chi connectivity index (χ1n) is 11.1. The fraction of sp³-hybridized carbons (Fsp3) is 0.115. The molecule has 0 aromatic heterocycles. The van der Waals surface area contributed by atoms with Crippen LogP contribution in [0.3, 0.4) is 0 Å². The summed E-state index contributed by atoms with van der Waals surface area (Å²) in [4.78, 5) is 40.3. The minimum atomic E-state index is -3.71. The molecule has 0 bridgehead atoms. The van der Waals surface area contributed by atoms with Gasteiger partial charge in [-0.15, -0.1) is 11.5 Å². The number of imide groups is 1. The maximum Gasteiger partial charge on any atom is 0.367 e. The molecule has 4 rings (SSSR count). The van der Waals surface area contributed by atoms with Crippen LogP contribution in [-0.2, 0) is 30.1 Å². The number of carbonyl (C=O) groups excluding carboxylic acids is 3. The Morgan fingerprint density at radius 1 is 0.919 bits per heavy atom. The van der Waals surface area contributed by atoms with E-state index in [0.717, 1.165) is 11.3 Å². The van der Waals surface area contributed by atoms with Crippen LogP contribution < -0.4 is 5.09 Å². The molecule has 11 heteroatoms. The first kappa shape index (κ1) is 25.5. The molecule has 1 unspecified atom stereocenters. The van der Waals surface area contributed by atoms with Crippen molar-refractivity contribution in [3.05, 3.63) is 90.0 Å². The summed E-state index contributed by atoms with van der Waals surface area (Å²) >= 11 is 0. The van der Waals surface area contributed by atoms with Crippen LogP contribution in [0.4, 0.5) is 17.1 Å². The van der Waals surface area contributed by atoms with Gasteiger partial charge in [-0.1, -0.05) is 30.3 Å². The van der Waals surface area contributed by atoms with Crippen molar-refractivity contribution in [2.45, 2.75) is 19.4 Å². The second kappa shape index (κ2) is 11.4. The van der Waals surface area contributed by atoms with Crippen molar-refractivity contribution in [2.75, 3.05) is 5.09 Å². The van der Waals surface area contributed by atoms with Gasteiger partial charge in [-0.3, -0.25) is 18.7 Å². The van der Waals surface area contributed by atoms with E-state index in [9.17, 15) is 18.9 Å². The number of hydrogen-bond donors (Lipinski definition) is 1. The molecule has 2 amide bonds. The first-order valence-corrected chi connectivity index (χ1v) is 12.7. The molecule has 1 heterocycles. The molecule has 3 aromatic rings. The lowest BCUT2D eigenvalue weighted by molar-refractivity contribution is -0.172. The Morgan fingerprint density at radius 3 is 2.11 bits per heavy atom. The van der Waals surface area contributed by atoms with Crippen LogP contribution in [0.25, 0.3) is 0 Å². The molecule has 1 fully saturated rings. The molecule has 186 valence electrons. The fourth-order valence-corrected chi connectivity index (χ4v) is 4.20. The molecule has 10 nitrogen and oxygen atoms in total. The minimum Gasteiger partial charge on any atom is -0.325 e. The lowest BCUT2D eigenvalue weighted by Crippen LogP contribution is -2.32. The topological polar surface area (TPSA) is 127 Å². The van der Waals surface area contributed by atoms with Crippen LogP contribution in [0.15, 0.2) is 89.1 Å². The number of rotatable bonds is 9. The molecule has 1 N–H and O–H groups in total. The third kappa shape index (κ3) is 6.76. The SMILES string of the molecule is C#CP(=O)(Nc1ccc(C(=O)ON2C(=O)CCC2=O)cc1)OCc1ccc(/N=N/c2ccccc2)cc1. The predicted octanol–water partition coefficient (Wildman–Crippen LogP) is 5.74. The van der Waals surface area contributed by atoms with Crippen LogP contribution in [0.1, 0.15) is 28.8 Å². The lowest BCUT2D eigenvalue weighted by atomic mass is 10.2. The summed E-state index contributed by atoms with van der Waals surface area (Å²) in [5, 5.41) is 11.5. The van der Waals surface area contributed by atoms with Crippen LogP contribution >= 0.6 is 7.52 Å². The molecular weight excluding hydrogens is 495 g/mol. The molecule has 3 aromatic carbocycles. The molecule has 1 aliphatic rings. The highest BCUT2D eigenvalue weighted by Gasteiger charge is 2.33. The summed E-state index contributed by atoms with van der Waals surface area (Å²) in [6.45, 7) is -0.0209. The smallest absolute Gasteiger partial charge is 0.325 e. The summed E-state index contributed by atoms with van der Waals surface area (Å²) < 4.78 is 18.5. The van der Waals surface area contributed by atoms with Gasteiger partial charge in [-0.2, -0.15) is 10.2 Å². The molecule has 1 aliphatic heterocycles. The normalized spacial score (nSPS) is 14.8. The average Bonchev–Trinajstić information content (AvgIpc) is 3.24. The van der Waals surface area contributed by atoms with Gasteiger partial charge in [0.2, 0.25) is 0 Å². The molecule has 1 saturated heterocycles. The van der Waals surface area contributed by atoms with E-state index in [2.05, 4.69) is 21.0 Å². The Morgan fingerprint density at radius 2 is 1.51 bits per heavy atom. The van der Waals surface area contributed by atoms with E-state index in [4.69, 9.17) is 15.8 Å². The van der Waals surface area contributed by atoms with Crippen LogP contribution in [0.2, 0.25) is 0 Å². The zero-order valence-electron chi connectivity index (χ0n) is 19.4. The molecule has 0 spiro atoms. The van der Waals surface area contributed by atoms with Gasteiger partial charge in [0, 0.05) is 24.2 Å². The van der Waals surface area contributed by atoms with E-state index in [1.807, 2.05) is 30.3 Å². The molecule has 0 saturated carbocycles. The van der Waals surface area contributed by atoms with Gasteiger partial charge in [0.25, 0.3) is 11.8 Å². The van der Waals surface area contributed by atoms with Crippen LogP contribution in [0.5, 0.6) is 0 Å². The fourth-order valence-electron chi connectivity index (χ4n) is 3.18. The highest BCUT2D eigenvalue weighted by molar-refractivity contribution is 7.65. The molecule has 37 heavy (non-hydrogen) atoms. The zero-order valence-corrected chi connectivity index (χ0v) is 20.3. The number of azo groups is 1. The number of hydrogen-bond acceptors (Lipinski definition) is 8. The Kier molecular flexibility index (Phi) is 7.89. The van der Waals surface area contributed by atoms with Crippen molar-refractivity contribution >= 4 is 42.4 Å². The number of carbonyl (C=O) groups is 3. The molecular formula is C26H21N4O6P. The van der Waals surface area contributed by atoms with Crippen molar-refractivity contribution in [2.24, 2.45) is 10.2 Å². The second-order valence-electron chi connectivity index (χ2n) is 7.81. The monoisotopic (exact) mass is 516 g/mol.